The summed E-state index contributed by atoms with van der Waals surface area (Å²) in [5.74, 6) is 0.975. The maximum atomic E-state index is 5.34. The number of hydrogen-bond donors (Lipinski definition) is 1. The van der Waals surface area contributed by atoms with Gasteiger partial charge in [-0.25, -0.2) is 4.98 Å². The van der Waals surface area contributed by atoms with Crippen LogP contribution < -0.4 is 0 Å². The van der Waals surface area contributed by atoms with Crippen LogP contribution in [0.2, 0.25) is 0 Å². The minimum atomic E-state index is 0.678. The quantitative estimate of drug-likeness (QED) is 0.674. The van der Waals surface area contributed by atoms with E-state index in [4.69, 9.17) is 24.4 Å². The van der Waals surface area contributed by atoms with Crippen LogP contribution >= 0.6 is 36.2 Å². The third kappa shape index (κ3) is 1.72. The summed E-state index contributed by atoms with van der Waals surface area (Å²) in [4.78, 5) is 7.72. The van der Waals surface area contributed by atoms with Gasteiger partial charge in [-0.1, -0.05) is 30.9 Å². The molecule has 0 unspecified atom stereocenters. The number of imidazole rings is 1. The number of aromatic amines is 1. The average molecular weight is 272 g/mol. The van der Waals surface area contributed by atoms with Gasteiger partial charge < -0.3 is 14.1 Å². The fourth-order valence-corrected chi connectivity index (χ4v) is 2.57. The summed E-state index contributed by atoms with van der Waals surface area (Å²) < 4.78 is 5.06. The van der Waals surface area contributed by atoms with Gasteiger partial charge in [-0.2, -0.15) is 0 Å². The van der Waals surface area contributed by atoms with E-state index in [1.807, 2.05) is 23.2 Å². The zero-order valence-electron chi connectivity index (χ0n) is 9.27. The number of hydrogen-bond acceptors (Lipinski definition) is 4. The lowest BCUT2D eigenvalue weighted by Crippen LogP contribution is -2.05. The van der Waals surface area contributed by atoms with Crippen molar-refractivity contribution in [3.63, 3.8) is 0 Å². The molecule has 0 aliphatic heterocycles. The van der Waals surface area contributed by atoms with Crippen LogP contribution in [-0.4, -0.2) is 24.9 Å². The Balaban J connectivity index is 2.87. The molecule has 0 amide bonds. The van der Waals surface area contributed by atoms with Gasteiger partial charge in [0.2, 0.25) is 0 Å². The van der Waals surface area contributed by atoms with Crippen LogP contribution in [-0.2, 0) is 14.1 Å². The molecule has 16 heavy (non-hydrogen) atoms. The Kier molecular flexibility index (Phi) is 3.18. The van der Waals surface area contributed by atoms with Gasteiger partial charge in [-0.15, -0.1) is 0 Å². The summed E-state index contributed by atoms with van der Waals surface area (Å²) in [5.41, 5.74) is 1.70. The lowest BCUT2D eigenvalue weighted by Gasteiger charge is -2.05. The maximum absolute atomic E-state index is 5.34. The Morgan fingerprint density at radius 1 is 1.31 bits per heavy atom. The van der Waals surface area contributed by atoms with Crippen LogP contribution in [0.3, 0.4) is 0 Å². The first-order chi connectivity index (χ1) is 7.56. The fraction of sp³-hybridized carbons (Fsp3) is 0.444. The number of nitrogens with one attached hydrogen (secondary N) is 1. The van der Waals surface area contributed by atoms with Gasteiger partial charge in [0.05, 0.1) is 0 Å². The number of aryl methyl sites for hydroxylation is 1. The second-order valence-electron chi connectivity index (χ2n) is 3.38. The molecule has 0 radical (unpaired) electrons. The van der Waals surface area contributed by atoms with Crippen molar-refractivity contribution in [2.45, 2.75) is 12.1 Å². The van der Waals surface area contributed by atoms with E-state index in [0.29, 0.717) is 9.41 Å². The van der Waals surface area contributed by atoms with Crippen LogP contribution in [0.15, 0.2) is 5.16 Å². The lowest BCUT2D eigenvalue weighted by molar-refractivity contribution is 0.755. The molecule has 0 bridgehead atoms. The number of thioether (sulfide) groups is 1. The second kappa shape index (κ2) is 4.31. The van der Waals surface area contributed by atoms with Gasteiger partial charge in [0.25, 0.3) is 0 Å². The van der Waals surface area contributed by atoms with E-state index in [2.05, 4.69) is 16.9 Å². The molecule has 4 nitrogen and oxygen atoms in total. The highest BCUT2D eigenvalue weighted by Crippen LogP contribution is 2.19. The summed E-state index contributed by atoms with van der Waals surface area (Å²) in [5, 5.41) is 0.889. The molecule has 86 valence electrons. The zero-order valence-corrected chi connectivity index (χ0v) is 11.7. The highest BCUT2D eigenvalue weighted by Gasteiger charge is 2.09. The van der Waals surface area contributed by atoms with Gasteiger partial charge in [0.15, 0.2) is 15.6 Å². The number of fused-ring (bicyclic) bond motifs is 1. The third-order valence-electron chi connectivity index (χ3n) is 2.35. The minimum absolute atomic E-state index is 0.678. The topological polar surface area (TPSA) is 38.5 Å². The molecule has 0 atom stereocenters. The van der Waals surface area contributed by atoms with Gasteiger partial charge in [0, 0.05) is 14.1 Å². The first-order valence-corrected chi connectivity index (χ1v) is 6.65. The molecular formula is C9H12N4S3. The van der Waals surface area contributed by atoms with Crippen molar-refractivity contribution in [1.29, 1.82) is 0 Å². The Morgan fingerprint density at radius 3 is 2.62 bits per heavy atom. The monoisotopic (exact) mass is 272 g/mol. The molecule has 0 aromatic carbocycles. The normalized spacial score (nSPS) is 11.2. The Hall–Kier alpha value is -0.660. The minimum Gasteiger partial charge on any atom is -0.329 e. The number of rotatable bonds is 2. The summed E-state index contributed by atoms with van der Waals surface area (Å²) >= 11 is 12.3. The predicted molar refractivity (Wildman–Crippen MR) is 72.1 cm³/mol. The van der Waals surface area contributed by atoms with Crippen LogP contribution in [0.4, 0.5) is 0 Å². The van der Waals surface area contributed by atoms with Crippen molar-refractivity contribution in [2.75, 3.05) is 5.75 Å². The van der Waals surface area contributed by atoms with Crippen LogP contribution in [0.1, 0.15) is 6.92 Å². The molecule has 2 aromatic heterocycles. The molecule has 0 aliphatic carbocycles. The van der Waals surface area contributed by atoms with E-state index in [9.17, 15) is 0 Å². The largest absolute Gasteiger partial charge is 0.329 e. The van der Waals surface area contributed by atoms with Crippen molar-refractivity contribution < 1.29 is 0 Å². The molecule has 0 spiro atoms. The smallest absolute Gasteiger partial charge is 0.182 e. The van der Waals surface area contributed by atoms with Crippen molar-refractivity contribution >= 4 is 47.4 Å². The molecular weight excluding hydrogens is 260 g/mol. The van der Waals surface area contributed by atoms with Crippen LogP contribution in [0.25, 0.3) is 11.2 Å². The predicted octanol–water partition coefficient (Wildman–Crippen LogP) is 2.81. The third-order valence-corrected chi connectivity index (χ3v) is 4.14. The first kappa shape index (κ1) is 11.8. The molecule has 0 saturated carbocycles. The van der Waals surface area contributed by atoms with Gasteiger partial charge in [-0.05, 0) is 18.0 Å². The van der Waals surface area contributed by atoms with Crippen LogP contribution in [0, 0.1) is 9.41 Å². The van der Waals surface area contributed by atoms with E-state index >= 15 is 0 Å². The Labute approximate surface area is 108 Å². The molecule has 0 saturated heterocycles. The number of aromatic nitrogens is 4. The molecule has 2 rings (SSSR count). The molecule has 1 N–H and O–H groups in total. The van der Waals surface area contributed by atoms with E-state index in [1.54, 1.807) is 11.8 Å². The summed E-state index contributed by atoms with van der Waals surface area (Å²) in [6, 6.07) is 0. The van der Waals surface area contributed by atoms with E-state index in [1.165, 1.54) is 0 Å². The fourth-order valence-electron chi connectivity index (χ4n) is 1.51. The van der Waals surface area contributed by atoms with E-state index in [0.717, 1.165) is 22.1 Å². The molecule has 7 heteroatoms. The van der Waals surface area contributed by atoms with Crippen LogP contribution in [0.5, 0.6) is 0 Å². The lowest BCUT2D eigenvalue weighted by atomic mass is 10.5. The molecule has 2 aromatic rings. The van der Waals surface area contributed by atoms with Crippen molar-refractivity contribution in [1.82, 2.24) is 19.1 Å². The van der Waals surface area contributed by atoms with Crippen molar-refractivity contribution in [2.24, 2.45) is 14.1 Å². The van der Waals surface area contributed by atoms with Gasteiger partial charge in [-0.3, -0.25) is 0 Å². The van der Waals surface area contributed by atoms with Gasteiger partial charge in [0.1, 0.15) is 10.2 Å². The standard InChI is InChI=1S/C9H12N4S3/c1-4-16-8-10-5-6(11-8)12(2)9(15)13(3)7(5)14/h4H2,1-3H3,(H,10,11). The highest BCUT2D eigenvalue weighted by atomic mass is 32.2. The maximum Gasteiger partial charge on any atom is 0.182 e. The first-order valence-electron chi connectivity index (χ1n) is 4.84. The number of nitrogens with zero attached hydrogens (tertiary/aromatic N) is 3. The molecule has 2 heterocycles. The number of H-pyrrole nitrogens is 1. The molecule has 0 aliphatic rings. The second-order valence-corrected chi connectivity index (χ2v) is 5.38. The SMILES string of the molecule is CCSc1nc2c([nH]1)c(=S)n(C)c(=S)n2C. The van der Waals surface area contributed by atoms with Gasteiger partial charge >= 0.3 is 0 Å². The highest BCUT2D eigenvalue weighted by molar-refractivity contribution is 7.99. The molecule has 0 fully saturated rings. The van der Waals surface area contributed by atoms with E-state index < -0.39 is 0 Å². The Bertz CT molecular complexity index is 649. The summed E-state index contributed by atoms with van der Waals surface area (Å²) in [6.07, 6.45) is 0. The Morgan fingerprint density at radius 2 is 2.00 bits per heavy atom. The van der Waals surface area contributed by atoms with E-state index in [-0.39, 0.29) is 0 Å². The van der Waals surface area contributed by atoms with Crippen molar-refractivity contribution in [3.8, 4) is 0 Å². The summed E-state index contributed by atoms with van der Waals surface area (Å²) in [7, 11) is 3.78. The van der Waals surface area contributed by atoms with Crippen molar-refractivity contribution in [3.05, 3.63) is 9.41 Å². The zero-order chi connectivity index (χ0) is 11.9. The average Bonchev–Trinajstić information content (AvgIpc) is 2.68. The summed E-state index contributed by atoms with van der Waals surface area (Å²) in [6.45, 7) is 2.09.